The lowest BCUT2D eigenvalue weighted by Gasteiger charge is -2.37. The molecule has 0 amide bonds. The van der Waals surface area contributed by atoms with Gasteiger partial charge in [0.05, 0.1) is 7.11 Å². The van der Waals surface area contributed by atoms with E-state index in [2.05, 4.69) is 53.2 Å². The summed E-state index contributed by atoms with van der Waals surface area (Å²) in [5.41, 5.74) is 1.73. The van der Waals surface area contributed by atoms with Crippen molar-refractivity contribution in [2.75, 3.05) is 38.7 Å². The number of benzene rings is 2. The standard InChI is InChI=1S/C20H26N2O/c1-21(15-20-11-5-13-22(20)14-6-12-20)18-9-10-19(23-2)17-8-4-3-7-16(17)18/h3-4,7-10H,5-6,11-15H2,1-2H3. The summed E-state index contributed by atoms with van der Waals surface area (Å²) in [5, 5.41) is 2.49. The Hall–Kier alpha value is -1.74. The maximum absolute atomic E-state index is 5.54. The first-order valence-electron chi connectivity index (χ1n) is 8.75. The van der Waals surface area contributed by atoms with Gasteiger partial charge in [-0.05, 0) is 50.9 Å². The Labute approximate surface area is 138 Å². The van der Waals surface area contributed by atoms with Crippen molar-refractivity contribution in [3.63, 3.8) is 0 Å². The van der Waals surface area contributed by atoms with Crippen molar-refractivity contribution in [2.45, 2.75) is 31.2 Å². The first kappa shape index (κ1) is 14.8. The van der Waals surface area contributed by atoms with Gasteiger partial charge in [0, 0.05) is 35.6 Å². The number of hydrogen-bond donors (Lipinski definition) is 0. The highest BCUT2D eigenvalue weighted by Gasteiger charge is 2.44. The summed E-state index contributed by atoms with van der Waals surface area (Å²) in [4.78, 5) is 5.20. The lowest BCUT2D eigenvalue weighted by Crippen LogP contribution is -2.47. The molecule has 2 aliphatic heterocycles. The van der Waals surface area contributed by atoms with Gasteiger partial charge >= 0.3 is 0 Å². The third-order valence-corrected chi connectivity index (χ3v) is 5.83. The molecule has 2 saturated heterocycles. The second-order valence-corrected chi connectivity index (χ2v) is 7.11. The zero-order valence-corrected chi connectivity index (χ0v) is 14.2. The predicted octanol–water partition coefficient (Wildman–Crippen LogP) is 3.91. The topological polar surface area (TPSA) is 15.7 Å². The summed E-state index contributed by atoms with van der Waals surface area (Å²) >= 11 is 0. The van der Waals surface area contributed by atoms with E-state index >= 15 is 0 Å². The Kier molecular flexibility index (Phi) is 3.68. The summed E-state index contributed by atoms with van der Waals surface area (Å²) in [5.74, 6) is 0.958. The fraction of sp³-hybridized carbons (Fsp3) is 0.500. The van der Waals surface area contributed by atoms with Crippen molar-refractivity contribution < 1.29 is 4.74 Å². The molecule has 0 aliphatic carbocycles. The number of hydrogen-bond acceptors (Lipinski definition) is 3. The molecule has 0 bridgehead atoms. The van der Waals surface area contributed by atoms with Gasteiger partial charge in [0.2, 0.25) is 0 Å². The van der Waals surface area contributed by atoms with Crippen LogP contribution in [-0.2, 0) is 0 Å². The van der Waals surface area contributed by atoms with E-state index in [4.69, 9.17) is 4.74 Å². The highest BCUT2D eigenvalue weighted by atomic mass is 16.5. The van der Waals surface area contributed by atoms with Gasteiger partial charge in [-0.2, -0.15) is 0 Å². The van der Waals surface area contributed by atoms with Gasteiger partial charge in [-0.15, -0.1) is 0 Å². The maximum Gasteiger partial charge on any atom is 0.126 e. The Bertz CT molecular complexity index is 702. The highest BCUT2D eigenvalue weighted by Crippen LogP contribution is 2.41. The largest absolute Gasteiger partial charge is 0.496 e. The number of nitrogens with zero attached hydrogens (tertiary/aromatic N) is 2. The van der Waals surface area contributed by atoms with E-state index in [1.165, 1.54) is 55.2 Å². The van der Waals surface area contributed by atoms with Crippen molar-refractivity contribution in [3.05, 3.63) is 36.4 Å². The van der Waals surface area contributed by atoms with Crippen LogP contribution in [0.2, 0.25) is 0 Å². The molecule has 2 heterocycles. The molecule has 0 N–H and O–H groups in total. The molecule has 4 rings (SSSR count). The lowest BCUT2D eigenvalue weighted by atomic mass is 9.93. The fourth-order valence-electron chi connectivity index (χ4n) is 4.78. The smallest absolute Gasteiger partial charge is 0.126 e. The molecule has 2 fully saturated rings. The molecular weight excluding hydrogens is 284 g/mol. The molecule has 0 atom stereocenters. The molecule has 23 heavy (non-hydrogen) atoms. The first-order valence-corrected chi connectivity index (χ1v) is 8.75. The normalized spacial score (nSPS) is 19.9. The van der Waals surface area contributed by atoms with Gasteiger partial charge in [0.1, 0.15) is 5.75 Å². The summed E-state index contributed by atoms with van der Waals surface area (Å²) in [6.07, 6.45) is 5.42. The summed E-state index contributed by atoms with van der Waals surface area (Å²) in [6, 6.07) is 12.9. The number of methoxy groups -OCH3 is 1. The van der Waals surface area contributed by atoms with Crippen LogP contribution < -0.4 is 9.64 Å². The minimum Gasteiger partial charge on any atom is -0.496 e. The lowest BCUT2D eigenvalue weighted by molar-refractivity contribution is 0.202. The number of ether oxygens (including phenoxy) is 1. The Morgan fingerprint density at radius 2 is 1.74 bits per heavy atom. The zero-order valence-electron chi connectivity index (χ0n) is 14.2. The van der Waals surface area contributed by atoms with E-state index in [1.54, 1.807) is 7.11 Å². The SMILES string of the molecule is COc1ccc(N(C)CC23CCCN2CCC3)c2ccccc12. The van der Waals surface area contributed by atoms with E-state index in [0.717, 1.165) is 12.3 Å². The van der Waals surface area contributed by atoms with E-state index in [1.807, 2.05) is 0 Å². The van der Waals surface area contributed by atoms with Crippen LogP contribution in [0.1, 0.15) is 25.7 Å². The third kappa shape index (κ3) is 2.38. The molecule has 0 unspecified atom stereocenters. The number of rotatable bonds is 4. The minimum absolute atomic E-state index is 0.412. The van der Waals surface area contributed by atoms with Crippen LogP contribution in [0.4, 0.5) is 5.69 Å². The van der Waals surface area contributed by atoms with Crippen molar-refractivity contribution in [2.24, 2.45) is 0 Å². The molecule has 0 radical (unpaired) electrons. The van der Waals surface area contributed by atoms with E-state index < -0.39 is 0 Å². The van der Waals surface area contributed by atoms with Crippen molar-refractivity contribution in [1.82, 2.24) is 4.90 Å². The molecule has 0 spiro atoms. The number of anilines is 1. The van der Waals surface area contributed by atoms with Gasteiger partial charge in [-0.3, -0.25) is 4.90 Å². The van der Waals surface area contributed by atoms with E-state index in [-0.39, 0.29) is 0 Å². The molecule has 122 valence electrons. The van der Waals surface area contributed by atoms with Crippen LogP contribution in [-0.4, -0.2) is 44.2 Å². The summed E-state index contributed by atoms with van der Waals surface area (Å²) in [7, 11) is 4.00. The third-order valence-electron chi connectivity index (χ3n) is 5.83. The van der Waals surface area contributed by atoms with Gasteiger partial charge in [0.15, 0.2) is 0 Å². The average molecular weight is 310 g/mol. The predicted molar refractivity (Wildman–Crippen MR) is 96.5 cm³/mol. The van der Waals surface area contributed by atoms with Crippen molar-refractivity contribution >= 4 is 16.5 Å². The number of likely N-dealkylation sites (N-methyl/N-ethyl adjacent to an activating group) is 1. The van der Waals surface area contributed by atoms with E-state index in [9.17, 15) is 0 Å². The maximum atomic E-state index is 5.54. The minimum atomic E-state index is 0.412. The fourth-order valence-corrected chi connectivity index (χ4v) is 4.78. The quantitative estimate of drug-likeness (QED) is 0.851. The van der Waals surface area contributed by atoms with Crippen LogP contribution in [0.3, 0.4) is 0 Å². The summed E-state index contributed by atoms with van der Waals surface area (Å²) < 4.78 is 5.54. The second-order valence-electron chi connectivity index (χ2n) is 7.11. The van der Waals surface area contributed by atoms with Gasteiger partial charge < -0.3 is 9.64 Å². The Morgan fingerprint density at radius 1 is 1.04 bits per heavy atom. The molecule has 2 aromatic carbocycles. The van der Waals surface area contributed by atoms with Crippen molar-refractivity contribution in [1.29, 1.82) is 0 Å². The molecular formula is C20H26N2O. The second kappa shape index (κ2) is 5.72. The van der Waals surface area contributed by atoms with Crippen LogP contribution in [0, 0.1) is 0 Å². The van der Waals surface area contributed by atoms with Gasteiger partial charge in [0.25, 0.3) is 0 Å². The monoisotopic (exact) mass is 310 g/mol. The first-order chi connectivity index (χ1) is 11.2. The average Bonchev–Trinajstić information content (AvgIpc) is 3.13. The zero-order chi connectivity index (χ0) is 15.9. The molecule has 3 nitrogen and oxygen atoms in total. The van der Waals surface area contributed by atoms with Crippen LogP contribution >= 0.6 is 0 Å². The van der Waals surface area contributed by atoms with Gasteiger partial charge in [-0.25, -0.2) is 0 Å². The number of fused-ring (bicyclic) bond motifs is 2. The molecule has 0 aromatic heterocycles. The van der Waals surface area contributed by atoms with Gasteiger partial charge in [-0.1, -0.05) is 24.3 Å². The molecule has 0 saturated carbocycles. The summed E-state index contributed by atoms with van der Waals surface area (Å²) in [6.45, 7) is 3.71. The van der Waals surface area contributed by atoms with Crippen molar-refractivity contribution in [3.8, 4) is 5.75 Å². The Balaban J connectivity index is 1.69. The highest BCUT2D eigenvalue weighted by molar-refractivity contribution is 5.98. The van der Waals surface area contributed by atoms with E-state index in [0.29, 0.717) is 5.54 Å². The molecule has 2 aromatic rings. The Morgan fingerprint density at radius 3 is 2.43 bits per heavy atom. The van der Waals surface area contributed by atoms with Crippen LogP contribution in [0.5, 0.6) is 5.75 Å². The molecule has 3 heteroatoms. The van der Waals surface area contributed by atoms with Crippen LogP contribution in [0.25, 0.3) is 10.8 Å². The van der Waals surface area contributed by atoms with Crippen LogP contribution in [0.15, 0.2) is 36.4 Å². The molecule has 2 aliphatic rings.